The Morgan fingerprint density at radius 1 is 1.57 bits per heavy atom. The molecule has 1 aliphatic rings. The molecule has 1 saturated heterocycles. The van der Waals surface area contributed by atoms with E-state index in [0.717, 1.165) is 36.2 Å². The number of nitrogens with one attached hydrogen (secondary N) is 1. The Morgan fingerprint density at radius 2 is 2.39 bits per heavy atom. The summed E-state index contributed by atoms with van der Waals surface area (Å²) in [6.45, 7) is 6.54. The molecule has 0 spiro atoms. The summed E-state index contributed by atoms with van der Waals surface area (Å²) in [5, 5.41) is 10.3. The van der Waals surface area contributed by atoms with Crippen molar-refractivity contribution in [2.75, 3.05) is 25.0 Å². The first kappa shape index (κ1) is 16.1. The van der Waals surface area contributed by atoms with Gasteiger partial charge in [0.05, 0.1) is 11.4 Å². The van der Waals surface area contributed by atoms with E-state index in [1.165, 1.54) is 29.9 Å². The minimum Gasteiger partial charge on any atom is -0.297 e. The number of likely N-dealkylation sites (tertiary alicyclic amines) is 1. The van der Waals surface area contributed by atoms with Crippen LogP contribution in [0.4, 0.5) is 5.13 Å². The smallest absolute Gasteiger partial charge is 0.225 e. The summed E-state index contributed by atoms with van der Waals surface area (Å²) in [6, 6.07) is 2.15. The molecule has 1 N–H and O–H groups in total. The third kappa shape index (κ3) is 3.79. The van der Waals surface area contributed by atoms with Crippen LogP contribution in [0, 0.1) is 6.92 Å². The Hall–Kier alpha value is -1.73. The van der Waals surface area contributed by atoms with Crippen molar-refractivity contribution in [3.8, 4) is 0 Å². The average Bonchev–Trinajstić information content (AvgIpc) is 3.16. The first-order chi connectivity index (χ1) is 11.0. The van der Waals surface area contributed by atoms with Crippen LogP contribution in [-0.2, 0) is 11.3 Å². The molecule has 2 aromatic rings. The first-order valence-corrected chi connectivity index (χ1v) is 8.84. The lowest BCUT2D eigenvalue weighted by Crippen LogP contribution is -2.34. The molecule has 1 atom stereocenters. The van der Waals surface area contributed by atoms with Crippen LogP contribution >= 0.6 is 11.3 Å². The van der Waals surface area contributed by atoms with Gasteiger partial charge >= 0.3 is 0 Å². The number of aryl methyl sites for hydroxylation is 1. The monoisotopic (exact) mass is 333 g/mol. The van der Waals surface area contributed by atoms with Crippen molar-refractivity contribution < 1.29 is 4.79 Å². The van der Waals surface area contributed by atoms with Crippen LogP contribution in [0.2, 0.25) is 0 Å². The molecular weight excluding hydrogens is 310 g/mol. The number of aromatic nitrogens is 3. The number of nitrogens with zero attached hydrogens (tertiary/aromatic N) is 4. The number of hydrogen-bond acceptors (Lipinski definition) is 5. The van der Waals surface area contributed by atoms with Crippen molar-refractivity contribution in [2.45, 2.75) is 39.2 Å². The fourth-order valence-electron chi connectivity index (χ4n) is 2.98. The molecule has 6 nitrogen and oxygen atoms in total. The van der Waals surface area contributed by atoms with Crippen molar-refractivity contribution in [1.82, 2.24) is 20.1 Å². The van der Waals surface area contributed by atoms with Gasteiger partial charge in [-0.2, -0.15) is 5.10 Å². The number of carbonyl (C=O) groups is 1. The van der Waals surface area contributed by atoms with E-state index in [1.807, 2.05) is 6.92 Å². The summed E-state index contributed by atoms with van der Waals surface area (Å²) in [7, 11) is 1.77. The molecule has 23 heavy (non-hydrogen) atoms. The van der Waals surface area contributed by atoms with Gasteiger partial charge in [-0.15, -0.1) is 11.3 Å². The van der Waals surface area contributed by atoms with Crippen LogP contribution in [0.1, 0.15) is 42.8 Å². The number of piperidine rings is 1. The van der Waals surface area contributed by atoms with Crippen molar-refractivity contribution in [3.05, 3.63) is 28.5 Å². The second kappa shape index (κ2) is 6.80. The number of rotatable bonds is 4. The number of thiazole rings is 1. The van der Waals surface area contributed by atoms with Gasteiger partial charge < -0.3 is 0 Å². The van der Waals surface area contributed by atoms with Gasteiger partial charge in [0.1, 0.15) is 0 Å². The number of anilines is 1. The van der Waals surface area contributed by atoms with E-state index >= 15 is 0 Å². The minimum atomic E-state index is 0.0119. The topological polar surface area (TPSA) is 65.1 Å². The van der Waals surface area contributed by atoms with Gasteiger partial charge in [0, 0.05) is 44.1 Å². The van der Waals surface area contributed by atoms with Gasteiger partial charge in [0.2, 0.25) is 5.91 Å². The zero-order chi connectivity index (χ0) is 16.4. The second-order valence-electron chi connectivity index (χ2n) is 6.25. The Balaban J connectivity index is 1.63. The standard InChI is InChI=1S/C16H23N5OS/c1-11-7-15(19-18-11)13-5-4-6-21(8-13)9-14-10-23-16(17-14)20(3)12(2)22/h7,10,13H,4-6,8-9H2,1-3H3,(H,18,19)/t13-/m1/s1. The van der Waals surface area contributed by atoms with Crippen LogP contribution in [0.25, 0.3) is 0 Å². The summed E-state index contributed by atoms with van der Waals surface area (Å²) in [5.74, 6) is 0.504. The normalized spacial score (nSPS) is 19.0. The zero-order valence-corrected chi connectivity index (χ0v) is 14.7. The van der Waals surface area contributed by atoms with Crippen LogP contribution in [-0.4, -0.2) is 46.1 Å². The molecule has 0 aliphatic carbocycles. The highest BCUT2D eigenvalue weighted by Crippen LogP contribution is 2.27. The molecule has 3 heterocycles. The summed E-state index contributed by atoms with van der Waals surface area (Å²) in [4.78, 5) is 20.0. The second-order valence-corrected chi connectivity index (χ2v) is 7.09. The lowest BCUT2D eigenvalue weighted by molar-refractivity contribution is -0.116. The number of carbonyl (C=O) groups excluding carboxylic acids is 1. The maximum atomic E-state index is 11.4. The highest BCUT2D eigenvalue weighted by atomic mass is 32.1. The molecule has 1 amide bonds. The predicted molar refractivity (Wildman–Crippen MR) is 91.8 cm³/mol. The molecule has 1 aliphatic heterocycles. The molecule has 0 radical (unpaired) electrons. The Morgan fingerprint density at radius 3 is 3.09 bits per heavy atom. The highest BCUT2D eigenvalue weighted by Gasteiger charge is 2.24. The van der Waals surface area contributed by atoms with Gasteiger partial charge in [-0.3, -0.25) is 19.7 Å². The SMILES string of the molecule is CC(=O)N(C)c1nc(CN2CCC[C@@H](c3cc(C)[nH]n3)C2)cs1. The Bertz CT molecular complexity index is 680. The zero-order valence-electron chi connectivity index (χ0n) is 13.9. The number of hydrogen-bond donors (Lipinski definition) is 1. The molecule has 0 bridgehead atoms. The maximum absolute atomic E-state index is 11.4. The van der Waals surface area contributed by atoms with Crippen molar-refractivity contribution >= 4 is 22.4 Å². The summed E-state index contributed by atoms with van der Waals surface area (Å²) >= 11 is 1.53. The van der Waals surface area contributed by atoms with E-state index in [1.54, 1.807) is 18.9 Å². The Labute approximate surface area is 140 Å². The van der Waals surface area contributed by atoms with Gasteiger partial charge in [-0.25, -0.2) is 4.98 Å². The molecule has 3 rings (SSSR count). The van der Waals surface area contributed by atoms with Crippen molar-refractivity contribution in [3.63, 3.8) is 0 Å². The molecule has 1 fully saturated rings. The molecule has 124 valence electrons. The van der Waals surface area contributed by atoms with E-state index in [-0.39, 0.29) is 5.91 Å². The van der Waals surface area contributed by atoms with Crippen LogP contribution < -0.4 is 4.90 Å². The van der Waals surface area contributed by atoms with Crippen molar-refractivity contribution in [2.24, 2.45) is 0 Å². The third-order valence-electron chi connectivity index (χ3n) is 4.33. The number of amides is 1. The van der Waals surface area contributed by atoms with Gasteiger partial charge in [-0.05, 0) is 32.4 Å². The van der Waals surface area contributed by atoms with Crippen LogP contribution in [0.5, 0.6) is 0 Å². The third-order valence-corrected chi connectivity index (χ3v) is 5.30. The summed E-state index contributed by atoms with van der Waals surface area (Å²) < 4.78 is 0. The van der Waals surface area contributed by atoms with Crippen LogP contribution in [0.3, 0.4) is 0 Å². The molecule has 0 unspecified atom stereocenters. The van der Waals surface area contributed by atoms with Gasteiger partial charge in [0.15, 0.2) is 5.13 Å². The fraction of sp³-hybridized carbons (Fsp3) is 0.562. The predicted octanol–water partition coefficient (Wildman–Crippen LogP) is 2.54. The van der Waals surface area contributed by atoms with Gasteiger partial charge in [0.25, 0.3) is 0 Å². The van der Waals surface area contributed by atoms with E-state index in [2.05, 4.69) is 31.5 Å². The van der Waals surface area contributed by atoms with E-state index < -0.39 is 0 Å². The summed E-state index contributed by atoms with van der Waals surface area (Å²) in [6.07, 6.45) is 2.37. The highest BCUT2D eigenvalue weighted by molar-refractivity contribution is 7.14. The molecule has 7 heteroatoms. The quantitative estimate of drug-likeness (QED) is 0.934. The van der Waals surface area contributed by atoms with E-state index in [9.17, 15) is 4.79 Å². The van der Waals surface area contributed by atoms with E-state index in [0.29, 0.717) is 5.92 Å². The lowest BCUT2D eigenvalue weighted by atomic mass is 9.94. The number of H-pyrrole nitrogens is 1. The Kier molecular flexibility index (Phi) is 4.77. The molecule has 0 saturated carbocycles. The molecule has 0 aromatic carbocycles. The lowest BCUT2D eigenvalue weighted by Gasteiger charge is -2.31. The largest absolute Gasteiger partial charge is 0.297 e. The van der Waals surface area contributed by atoms with Gasteiger partial charge in [-0.1, -0.05) is 0 Å². The fourth-order valence-corrected chi connectivity index (χ4v) is 3.80. The maximum Gasteiger partial charge on any atom is 0.225 e. The number of aromatic amines is 1. The van der Waals surface area contributed by atoms with E-state index in [4.69, 9.17) is 0 Å². The molecular formula is C16H23N5OS. The molecule has 2 aromatic heterocycles. The van der Waals surface area contributed by atoms with Crippen molar-refractivity contribution in [1.29, 1.82) is 0 Å². The summed E-state index contributed by atoms with van der Waals surface area (Å²) in [5.41, 5.74) is 3.33. The average molecular weight is 333 g/mol. The first-order valence-electron chi connectivity index (χ1n) is 7.96. The van der Waals surface area contributed by atoms with Crippen LogP contribution in [0.15, 0.2) is 11.4 Å². The minimum absolute atomic E-state index is 0.0119.